The summed E-state index contributed by atoms with van der Waals surface area (Å²) in [5.74, 6) is 0.203. The Morgan fingerprint density at radius 3 is 2.69 bits per heavy atom. The first-order chi connectivity index (χ1) is 6.33. The minimum absolute atomic E-state index is 0.0219. The van der Waals surface area contributed by atoms with E-state index in [4.69, 9.17) is 4.74 Å². The van der Waals surface area contributed by atoms with Crippen molar-refractivity contribution in [1.29, 1.82) is 0 Å². The highest BCUT2D eigenvalue weighted by Gasteiger charge is 2.44. The van der Waals surface area contributed by atoms with Gasteiger partial charge in [0.1, 0.15) is 12.2 Å². The van der Waals surface area contributed by atoms with Gasteiger partial charge >= 0.3 is 0 Å². The Balaban J connectivity index is 2.04. The molecular weight excluding hydrogens is 164 g/mol. The summed E-state index contributed by atoms with van der Waals surface area (Å²) in [5.41, 5.74) is 1.11. The van der Waals surface area contributed by atoms with Crippen LogP contribution >= 0.6 is 0 Å². The van der Waals surface area contributed by atoms with Gasteiger partial charge in [0.25, 0.3) is 0 Å². The zero-order chi connectivity index (χ0) is 9.26. The van der Waals surface area contributed by atoms with Gasteiger partial charge in [-0.15, -0.1) is 0 Å². The minimum atomic E-state index is -0.174. The fraction of sp³-hybridized carbons (Fsp3) is 0.364. The van der Waals surface area contributed by atoms with Gasteiger partial charge in [-0.05, 0) is 5.56 Å². The number of ketones is 1. The van der Waals surface area contributed by atoms with E-state index in [0.717, 1.165) is 5.56 Å². The number of carbonyl (C=O) groups excluding carboxylic acids is 1. The Hall–Kier alpha value is -1.15. The molecule has 0 spiro atoms. The van der Waals surface area contributed by atoms with E-state index in [0.29, 0.717) is 6.42 Å². The van der Waals surface area contributed by atoms with Gasteiger partial charge in [0.05, 0.1) is 0 Å². The van der Waals surface area contributed by atoms with Crippen molar-refractivity contribution in [3.05, 3.63) is 35.9 Å². The van der Waals surface area contributed by atoms with Crippen molar-refractivity contribution in [1.82, 2.24) is 0 Å². The molecule has 0 radical (unpaired) electrons. The number of Topliss-reactive ketones (excluding diaryl/α,β-unsaturated/α-hetero) is 1. The van der Waals surface area contributed by atoms with Crippen molar-refractivity contribution in [3.63, 3.8) is 0 Å². The van der Waals surface area contributed by atoms with Crippen LogP contribution in [0.15, 0.2) is 30.3 Å². The van der Waals surface area contributed by atoms with Crippen LogP contribution in [0.2, 0.25) is 0 Å². The van der Waals surface area contributed by atoms with E-state index in [-0.39, 0.29) is 18.0 Å². The predicted molar refractivity (Wildman–Crippen MR) is 49.4 cm³/mol. The molecule has 2 nitrogen and oxygen atoms in total. The molecule has 13 heavy (non-hydrogen) atoms. The molecular formula is C11H12O2. The van der Waals surface area contributed by atoms with E-state index in [1.165, 1.54) is 0 Å². The normalized spacial score (nSPS) is 25.6. The van der Waals surface area contributed by atoms with Gasteiger partial charge in [0, 0.05) is 6.42 Å². The van der Waals surface area contributed by atoms with Crippen molar-refractivity contribution in [2.75, 3.05) is 0 Å². The average Bonchev–Trinajstić information content (AvgIpc) is 2.98. The third kappa shape index (κ3) is 1.63. The zero-order valence-electron chi connectivity index (χ0n) is 7.57. The Morgan fingerprint density at radius 1 is 1.38 bits per heavy atom. The van der Waals surface area contributed by atoms with Crippen molar-refractivity contribution >= 4 is 5.78 Å². The van der Waals surface area contributed by atoms with Crippen molar-refractivity contribution < 1.29 is 9.53 Å². The lowest BCUT2D eigenvalue weighted by molar-refractivity contribution is -0.119. The summed E-state index contributed by atoms with van der Waals surface area (Å²) in [6.07, 6.45) is 0.412. The van der Waals surface area contributed by atoms with Gasteiger partial charge < -0.3 is 4.74 Å². The predicted octanol–water partition coefficient (Wildman–Crippen LogP) is 2.11. The molecule has 2 heteroatoms. The number of ether oxygens (including phenoxy) is 1. The van der Waals surface area contributed by atoms with Gasteiger partial charge in [-0.25, -0.2) is 0 Å². The van der Waals surface area contributed by atoms with Gasteiger partial charge in [-0.1, -0.05) is 37.3 Å². The number of hydrogen-bond acceptors (Lipinski definition) is 2. The first kappa shape index (κ1) is 8.45. The highest BCUT2D eigenvalue weighted by molar-refractivity contribution is 5.85. The lowest BCUT2D eigenvalue weighted by Crippen LogP contribution is -2.04. The lowest BCUT2D eigenvalue weighted by Gasteiger charge is -1.92. The molecule has 1 fully saturated rings. The molecule has 0 saturated carbocycles. The van der Waals surface area contributed by atoms with E-state index >= 15 is 0 Å². The van der Waals surface area contributed by atoms with Gasteiger partial charge in [0.2, 0.25) is 0 Å². The van der Waals surface area contributed by atoms with Gasteiger partial charge in [0.15, 0.2) is 5.78 Å². The Labute approximate surface area is 77.5 Å². The van der Waals surface area contributed by atoms with E-state index in [2.05, 4.69) is 0 Å². The van der Waals surface area contributed by atoms with E-state index in [9.17, 15) is 4.79 Å². The molecule has 1 aromatic carbocycles. The topological polar surface area (TPSA) is 29.6 Å². The summed E-state index contributed by atoms with van der Waals surface area (Å²) >= 11 is 0. The van der Waals surface area contributed by atoms with Crippen LogP contribution in [-0.2, 0) is 9.53 Å². The van der Waals surface area contributed by atoms with Crippen LogP contribution in [0.4, 0.5) is 0 Å². The highest BCUT2D eigenvalue weighted by Crippen LogP contribution is 2.39. The molecule has 1 aromatic rings. The van der Waals surface area contributed by atoms with Gasteiger partial charge in [-0.3, -0.25) is 4.79 Å². The van der Waals surface area contributed by atoms with Crippen LogP contribution in [0.1, 0.15) is 25.0 Å². The minimum Gasteiger partial charge on any atom is -0.356 e. The molecule has 1 saturated heterocycles. The standard InChI is InChI=1S/C11H12O2/c1-2-9(12)11-10(13-11)8-6-4-3-5-7-8/h3-7,10-11H,2H2,1H3/t10-,11-/m0/s1. The lowest BCUT2D eigenvalue weighted by atomic mass is 10.1. The van der Waals surface area contributed by atoms with Crippen LogP contribution < -0.4 is 0 Å². The van der Waals surface area contributed by atoms with Crippen LogP contribution in [0.25, 0.3) is 0 Å². The number of hydrogen-bond donors (Lipinski definition) is 0. The maximum Gasteiger partial charge on any atom is 0.164 e. The van der Waals surface area contributed by atoms with Crippen LogP contribution in [0.3, 0.4) is 0 Å². The molecule has 0 amide bonds. The van der Waals surface area contributed by atoms with Crippen LogP contribution in [0, 0.1) is 0 Å². The largest absolute Gasteiger partial charge is 0.356 e. The van der Waals surface area contributed by atoms with Crippen molar-refractivity contribution in [2.45, 2.75) is 25.6 Å². The summed E-state index contributed by atoms with van der Waals surface area (Å²) in [6, 6.07) is 9.87. The Kier molecular flexibility index (Phi) is 2.15. The molecule has 0 unspecified atom stereocenters. The number of epoxide rings is 1. The summed E-state index contributed by atoms with van der Waals surface area (Å²) in [7, 11) is 0. The summed E-state index contributed by atoms with van der Waals surface area (Å²) in [4.78, 5) is 11.2. The van der Waals surface area contributed by atoms with E-state index < -0.39 is 0 Å². The first-order valence-electron chi connectivity index (χ1n) is 4.56. The van der Waals surface area contributed by atoms with Crippen LogP contribution in [0.5, 0.6) is 0 Å². The number of carbonyl (C=O) groups is 1. The molecule has 2 atom stereocenters. The molecule has 1 aliphatic heterocycles. The number of rotatable bonds is 3. The quantitative estimate of drug-likeness (QED) is 0.660. The summed E-state index contributed by atoms with van der Waals surface area (Å²) in [5, 5.41) is 0. The summed E-state index contributed by atoms with van der Waals surface area (Å²) < 4.78 is 5.31. The first-order valence-corrected chi connectivity index (χ1v) is 4.56. The maximum absolute atomic E-state index is 11.2. The van der Waals surface area contributed by atoms with Crippen molar-refractivity contribution in [3.8, 4) is 0 Å². The molecule has 0 bridgehead atoms. The Bertz CT molecular complexity index is 305. The molecule has 68 valence electrons. The monoisotopic (exact) mass is 176 g/mol. The SMILES string of the molecule is CCC(=O)[C@@H]1O[C@H]1c1ccccc1. The second-order valence-corrected chi connectivity index (χ2v) is 3.21. The zero-order valence-corrected chi connectivity index (χ0v) is 7.57. The third-order valence-electron chi connectivity index (χ3n) is 2.29. The van der Waals surface area contributed by atoms with E-state index in [1.807, 2.05) is 37.3 Å². The van der Waals surface area contributed by atoms with E-state index in [1.54, 1.807) is 0 Å². The second kappa shape index (κ2) is 3.30. The fourth-order valence-electron chi connectivity index (χ4n) is 1.45. The fourth-order valence-corrected chi connectivity index (χ4v) is 1.45. The molecule has 0 aliphatic carbocycles. The summed E-state index contributed by atoms with van der Waals surface area (Å²) in [6.45, 7) is 1.87. The maximum atomic E-state index is 11.2. The molecule has 0 aromatic heterocycles. The molecule has 1 aliphatic rings. The number of benzene rings is 1. The smallest absolute Gasteiger partial charge is 0.164 e. The van der Waals surface area contributed by atoms with Crippen molar-refractivity contribution in [2.24, 2.45) is 0 Å². The van der Waals surface area contributed by atoms with Gasteiger partial charge in [-0.2, -0.15) is 0 Å². The highest BCUT2D eigenvalue weighted by atomic mass is 16.6. The second-order valence-electron chi connectivity index (χ2n) is 3.21. The molecule has 1 heterocycles. The van der Waals surface area contributed by atoms with Crippen LogP contribution in [-0.4, -0.2) is 11.9 Å². The molecule has 0 N–H and O–H groups in total. The average molecular weight is 176 g/mol. The molecule has 2 rings (SSSR count). The Morgan fingerprint density at radius 2 is 2.08 bits per heavy atom. The third-order valence-corrected chi connectivity index (χ3v) is 2.29.